The zero-order valence-corrected chi connectivity index (χ0v) is 9.48. The maximum atomic E-state index is 10.2. The summed E-state index contributed by atoms with van der Waals surface area (Å²) in [5, 5.41) is 10.2. The van der Waals surface area contributed by atoms with E-state index < -0.39 is 11.9 Å². The lowest BCUT2D eigenvalue weighted by Gasteiger charge is -2.48. The molecule has 3 rings (SSSR count). The minimum absolute atomic E-state index is 0.211. The van der Waals surface area contributed by atoms with Crippen LogP contribution in [-0.4, -0.2) is 29.2 Å². The van der Waals surface area contributed by atoms with E-state index >= 15 is 0 Å². The van der Waals surface area contributed by atoms with E-state index in [4.69, 9.17) is 9.47 Å². The first-order chi connectivity index (χ1) is 7.12. The lowest BCUT2D eigenvalue weighted by atomic mass is 9.89. The summed E-state index contributed by atoms with van der Waals surface area (Å²) in [5.41, 5.74) is 0. The molecule has 3 fully saturated rings. The van der Waals surface area contributed by atoms with Gasteiger partial charge in [0.05, 0.1) is 12.2 Å². The molecule has 3 heteroatoms. The molecule has 0 bridgehead atoms. The molecule has 0 amide bonds. The van der Waals surface area contributed by atoms with Gasteiger partial charge in [0.15, 0.2) is 5.79 Å². The number of ether oxygens (including phenoxy) is 2. The monoisotopic (exact) mass is 212 g/mol. The Hall–Kier alpha value is -0.120. The van der Waals surface area contributed by atoms with E-state index in [9.17, 15) is 5.11 Å². The van der Waals surface area contributed by atoms with Gasteiger partial charge in [-0.05, 0) is 45.4 Å². The molecule has 1 heterocycles. The molecule has 3 nitrogen and oxygen atoms in total. The molecule has 0 radical (unpaired) electrons. The second-order valence-corrected chi connectivity index (χ2v) is 5.51. The van der Waals surface area contributed by atoms with Gasteiger partial charge < -0.3 is 14.6 Å². The van der Waals surface area contributed by atoms with E-state index in [2.05, 4.69) is 13.8 Å². The minimum Gasteiger partial charge on any atom is -0.387 e. The minimum atomic E-state index is -0.653. The van der Waals surface area contributed by atoms with Crippen molar-refractivity contribution >= 4 is 0 Å². The Kier molecular flexibility index (Phi) is 2.14. The van der Waals surface area contributed by atoms with Gasteiger partial charge in [0, 0.05) is 5.92 Å². The highest BCUT2D eigenvalue weighted by Gasteiger charge is 2.63. The average Bonchev–Trinajstić information content (AvgIpc) is 2.90. The van der Waals surface area contributed by atoms with Crippen molar-refractivity contribution < 1.29 is 14.6 Å². The van der Waals surface area contributed by atoms with Gasteiger partial charge in [-0.15, -0.1) is 0 Å². The smallest absolute Gasteiger partial charge is 0.198 e. The van der Waals surface area contributed by atoms with E-state index in [0.29, 0.717) is 5.92 Å². The van der Waals surface area contributed by atoms with Crippen LogP contribution in [0.1, 0.15) is 39.5 Å². The van der Waals surface area contributed by atoms with E-state index in [1.54, 1.807) is 0 Å². The first-order valence-electron chi connectivity index (χ1n) is 6.15. The number of fused-ring (bicyclic) bond motifs is 2. The van der Waals surface area contributed by atoms with Gasteiger partial charge in [-0.2, -0.15) is 0 Å². The number of hydrogen-bond acceptors (Lipinski definition) is 3. The van der Waals surface area contributed by atoms with Crippen molar-refractivity contribution in [2.24, 2.45) is 11.8 Å². The van der Waals surface area contributed by atoms with Crippen LogP contribution in [0.3, 0.4) is 0 Å². The molecule has 3 aliphatic rings. The van der Waals surface area contributed by atoms with Crippen LogP contribution in [0.25, 0.3) is 0 Å². The molecular formula is C12H20O3. The Morgan fingerprint density at radius 1 is 1.07 bits per heavy atom. The largest absolute Gasteiger partial charge is 0.387 e. The molecule has 5 atom stereocenters. The summed E-state index contributed by atoms with van der Waals surface area (Å²) in [7, 11) is 0. The third-order valence-corrected chi connectivity index (χ3v) is 4.15. The first-order valence-corrected chi connectivity index (χ1v) is 6.15. The Labute approximate surface area is 90.8 Å². The molecule has 1 aliphatic heterocycles. The molecule has 0 aromatic heterocycles. The summed E-state index contributed by atoms with van der Waals surface area (Å²) in [6.07, 6.45) is 4.09. The summed E-state index contributed by atoms with van der Waals surface area (Å²) < 4.78 is 12.0. The van der Waals surface area contributed by atoms with Crippen LogP contribution in [0.15, 0.2) is 0 Å². The van der Waals surface area contributed by atoms with Crippen LogP contribution in [0.4, 0.5) is 0 Å². The van der Waals surface area contributed by atoms with Crippen molar-refractivity contribution in [1.29, 1.82) is 0 Å². The van der Waals surface area contributed by atoms with Crippen LogP contribution in [0, 0.1) is 11.8 Å². The molecule has 1 saturated heterocycles. The highest BCUT2D eigenvalue weighted by atomic mass is 16.7. The van der Waals surface area contributed by atoms with Gasteiger partial charge in [0.25, 0.3) is 0 Å². The number of aliphatic hydroxyl groups excluding tert-OH is 1. The number of rotatable bonds is 0. The summed E-state index contributed by atoms with van der Waals surface area (Å²) in [6, 6.07) is 0. The number of hydrogen-bond donors (Lipinski definition) is 1. The molecule has 1 spiro atoms. The highest BCUT2D eigenvalue weighted by Crippen LogP contribution is 2.58. The van der Waals surface area contributed by atoms with Gasteiger partial charge in [0.1, 0.15) is 6.10 Å². The van der Waals surface area contributed by atoms with E-state index in [1.807, 2.05) is 0 Å². The fourth-order valence-electron chi connectivity index (χ4n) is 3.43. The average molecular weight is 212 g/mol. The van der Waals surface area contributed by atoms with Crippen LogP contribution < -0.4 is 0 Å². The summed E-state index contributed by atoms with van der Waals surface area (Å²) in [6.45, 7) is 4.17. The number of aliphatic hydroxyl groups is 1. The van der Waals surface area contributed by atoms with Gasteiger partial charge in [-0.3, -0.25) is 0 Å². The molecule has 86 valence electrons. The topological polar surface area (TPSA) is 38.7 Å². The highest BCUT2D eigenvalue weighted by molar-refractivity contribution is 5.06. The molecule has 2 aliphatic carbocycles. The van der Waals surface area contributed by atoms with Crippen molar-refractivity contribution in [2.75, 3.05) is 0 Å². The molecule has 0 aromatic rings. The van der Waals surface area contributed by atoms with Crippen LogP contribution in [0.5, 0.6) is 0 Å². The van der Waals surface area contributed by atoms with E-state index in [-0.39, 0.29) is 12.2 Å². The Balaban J connectivity index is 1.86. The maximum absolute atomic E-state index is 10.2. The summed E-state index contributed by atoms with van der Waals surface area (Å²) in [5.74, 6) is 0.539. The molecule has 2 saturated carbocycles. The van der Waals surface area contributed by atoms with Gasteiger partial charge in [-0.1, -0.05) is 0 Å². The van der Waals surface area contributed by atoms with Gasteiger partial charge in [0.2, 0.25) is 0 Å². The Bertz CT molecular complexity index is 252. The predicted molar refractivity (Wildman–Crippen MR) is 55.3 cm³/mol. The predicted octanol–water partition coefficient (Wildman–Crippen LogP) is 1.69. The van der Waals surface area contributed by atoms with Crippen molar-refractivity contribution in [2.45, 2.75) is 63.6 Å². The third-order valence-electron chi connectivity index (χ3n) is 4.15. The van der Waals surface area contributed by atoms with Crippen molar-refractivity contribution in [3.05, 3.63) is 0 Å². The Morgan fingerprint density at radius 2 is 1.73 bits per heavy atom. The van der Waals surface area contributed by atoms with Crippen LogP contribution in [-0.2, 0) is 9.47 Å². The first kappa shape index (κ1) is 10.1. The van der Waals surface area contributed by atoms with Crippen molar-refractivity contribution in [1.82, 2.24) is 0 Å². The lowest BCUT2D eigenvalue weighted by molar-refractivity contribution is -0.362. The fraction of sp³-hybridized carbons (Fsp3) is 1.00. The zero-order valence-electron chi connectivity index (χ0n) is 9.48. The second kappa shape index (κ2) is 3.19. The van der Waals surface area contributed by atoms with E-state index in [0.717, 1.165) is 25.2 Å². The van der Waals surface area contributed by atoms with Crippen molar-refractivity contribution in [3.8, 4) is 0 Å². The summed E-state index contributed by atoms with van der Waals surface area (Å²) in [4.78, 5) is 0. The third kappa shape index (κ3) is 1.44. The second-order valence-electron chi connectivity index (χ2n) is 5.51. The van der Waals surface area contributed by atoms with Gasteiger partial charge in [-0.25, -0.2) is 0 Å². The molecule has 0 aromatic carbocycles. The standard InChI is InChI=1S/C12H20O3/c1-7-5-8(2)15-12(14-7)10-6-9(10)3-4-11(12)13/h7-11,13H,3-6H2,1-2H3/t7-,8-,9+,10-,11-/m1/s1. The van der Waals surface area contributed by atoms with Crippen LogP contribution >= 0.6 is 0 Å². The van der Waals surface area contributed by atoms with Gasteiger partial charge >= 0.3 is 0 Å². The lowest BCUT2D eigenvalue weighted by Crippen LogP contribution is -2.58. The van der Waals surface area contributed by atoms with Crippen LogP contribution in [0.2, 0.25) is 0 Å². The SMILES string of the molecule is C[C@@H]1C[C@@H](C)OC2(O1)[C@H](O)CC[C@H]1C[C@H]12. The van der Waals surface area contributed by atoms with E-state index in [1.165, 1.54) is 6.42 Å². The van der Waals surface area contributed by atoms with Crippen molar-refractivity contribution in [3.63, 3.8) is 0 Å². The summed E-state index contributed by atoms with van der Waals surface area (Å²) >= 11 is 0. The zero-order chi connectivity index (χ0) is 10.6. The quantitative estimate of drug-likeness (QED) is 0.664. The fourth-order valence-corrected chi connectivity index (χ4v) is 3.43. The molecule has 0 unspecified atom stereocenters. The normalized spacial score (nSPS) is 59.0. The Morgan fingerprint density at radius 3 is 2.40 bits per heavy atom. The molecule has 1 N–H and O–H groups in total. The molecular weight excluding hydrogens is 192 g/mol. The molecule has 15 heavy (non-hydrogen) atoms. The maximum Gasteiger partial charge on any atom is 0.198 e.